The fourth-order valence-electron chi connectivity index (χ4n) is 2.93. The van der Waals surface area contributed by atoms with Crippen molar-refractivity contribution in [3.05, 3.63) is 47.8 Å². The number of nitrogens with one attached hydrogen (secondary N) is 1. The first-order chi connectivity index (χ1) is 14.8. The number of ether oxygens (including phenoxy) is 3. The lowest BCUT2D eigenvalue weighted by Gasteiger charge is -2.17. The normalized spacial score (nSPS) is 12.2. The number of fused-ring (bicyclic) bond motifs is 1. The Morgan fingerprint density at radius 3 is 1.97 bits per heavy atom. The van der Waals surface area contributed by atoms with Gasteiger partial charge in [-0.3, -0.25) is 0 Å². The summed E-state index contributed by atoms with van der Waals surface area (Å²) in [7, 11) is -0.0398. The maximum Gasteiger partial charge on any atom is 0.213 e. The van der Waals surface area contributed by atoms with Crippen molar-refractivity contribution in [1.29, 1.82) is 0 Å². The average molecular weight is 468 g/mol. The van der Waals surface area contributed by atoms with Crippen LogP contribution in [-0.4, -0.2) is 26.9 Å². The van der Waals surface area contributed by atoms with E-state index < -0.39 is 10.2 Å². The van der Waals surface area contributed by atoms with Crippen molar-refractivity contribution in [1.82, 2.24) is 0 Å². The van der Waals surface area contributed by atoms with Crippen LogP contribution in [0.4, 0.5) is 0 Å². The minimum absolute atomic E-state index is 0.105. The minimum Gasteiger partial charge on any atom is -0.497 e. The highest BCUT2D eigenvalue weighted by Gasteiger charge is 2.17. The molecule has 2 aromatic carbocycles. The minimum atomic E-state index is -4.94. The number of hydrogen-bond acceptors (Lipinski definition) is 8. The Balaban J connectivity index is 0.000000654. The molecule has 3 rings (SSSR count). The SMILES string of the molecule is COc1ccc2oc(-c3ccc(OC)c(OC)c3)cc(=[NH+]C(C)(C)C)c2c1.[O-][Cl+3]([O-])([O-])[O-]. The lowest BCUT2D eigenvalue weighted by atomic mass is 10.1. The van der Waals surface area contributed by atoms with E-state index in [2.05, 4.69) is 25.8 Å². The van der Waals surface area contributed by atoms with E-state index in [4.69, 9.17) is 37.3 Å². The molecule has 0 bridgehead atoms. The topological polar surface area (TPSA) is 147 Å². The number of rotatable bonds is 4. The highest BCUT2D eigenvalue weighted by atomic mass is 35.7. The van der Waals surface area contributed by atoms with Gasteiger partial charge in [-0.25, -0.2) is 23.6 Å². The summed E-state index contributed by atoms with van der Waals surface area (Å²) in [6, 6.07) is 13.5. The second-order valence-electron chi connectivity index (χ2n) is 7.71. The van der Waals surface area contributed by atoms with Crippen LogP contribution in [0.5, 0.6) is 17.2 Å². The molecule has 9 nitrogen and oxygen atoms in total. The first-order valence-corrected chi connectivity index (χ1v) is 10.7. The Hall–Kier alpha value is -2.82. The van der Waals surface area contributed by atoms with Crippen molar-refractivity contribution in [3.8, 4) is 28.6 Å². The standard InChI is InChI=1S/C22H25NO4.ClHO4/c1-22(2,3)23-17-13-20(14-7-9-19(25-5)21(11-14)26-6)27-18-10-8-15(24-4)12-16(17)18;2-1(3,4)5/h7-13H,1-6H3;(H,2,3,4,5). The molecule has 0 saturated heterocycles. The van der Waals surface area contributed by atoms with Crippen LogP contribution in [0.15, 0.2) is 46.9 Å². The molecule has 0 unspecified atom stereocenters. The smallest absolute Gasteiger partial charge is 0.213 e. The van der Waals surface area contributed by atoms with E-state index in [0.29, 0.717) is 11.5 Å². The van der Waals surface area contributed by atoms with Crippen molar-refractivity contribution in [2.75, 3.05) is 21.3 Å². The van der Waals surface area contributed by atoms with E-state index in [0.717, 1.165) is 33.4 Å². The van der Waals surface area contributed by atoms with E-state index in [-0.39, 0.29) is 5.54 Å². The van der Waals surface area contributed by atoms with Crippen molar-refractivity contribution in [2.24, 2.45) is 0 Å². The first kappa shape index (κ1) is 25.4. The van der Waals surface area contributed by atoms with Crippen molar-refractivity contribution in [2.45, 2.75) is 26.3 Å². The van der Waals surface area contributed by atoms with E-state index >= 15 is 0 Å². The summed E-state index contributed by atoms with van der Waals surface area (Å²) in [5, 5.41) is 1.95. The summed E-state index contributed by atoms with van der Waals surface area (Å²) in [4.78, 5) is 3.57. The quantitative estimate of drug-likeness (QED) is 0.470. The molecule has 0 aliphatic carbocycles. The third kappa shape index (κ3) is 7.40. The van der Waals surface area contributed by atoms with E-state index in [1.54, 1.807) is 21.3 Å². The number of methoxy groups -OCH3 is 3. The molecule has 0 fully saturated rings. The molecule has 0 aliphatic heterocycles. The van der Waals surface area contributed by atoms with Crippen LogP contribution in [0.1, 0.15) is 20.8 Å². The zero-order chi connectivity index (χ0) is 24.1. The summed E-state index contributed by atoms with van der Waals surface area (Å²) in [5.74, 6) is 2.86. The summed E-state index contributed by atoms with van der Waals surface area (Å²) in [6.45, 7) is 6.37. The van der Waals surface area contributed by atoms with Crippen LogP contribution in [0.25, 0.3) is 22.3 Å². The maximum atomic E-state index is 8.49. The van der Waals surface area contributed by atoms with Gasteiger partial charge in [-0.1, -0.05) is 0 Å². The summed E-state index contributed by atoms with van der Waals surface area (Å²) < 4.78 is 56.3. The van der Waals surface area contributed by atoms with Crippen LogP contribution in [0.3, 0.4) is 0 Å². The number of halogens is 1. The van der Waals surface area contributed by atoms with Gasteiger partial charge in [-0.2, -0.15) is 0 Å². The molecule has 3 aromatic rings. The fraction of sp³-hybridized carbons (Fsp3) is 0.318. The van der Waals surface area contributed by atoms with E-state index in [9.17, 15) is 0 Å². The molecule has 1 aromatic heterocycles. The average Bonchev–Trinajstić information content (AvgIpc) is 2.70. The van der Waals surface area contributed by atoms with Gasteiger partial charge in [0.15, 0.2) is 17.0 Å². The van der Waals surface area contributed by atoms with Crippen LogP contribution in [0.2, 0.25) is 0 Å². The molecule has 0 atom stereocenters. The molecule has 174 valence electrons. The molecular weight excluding hydrogens is 442 g/mol. The lowest BCUT2D eigenvalue weighted by molar-refractivity contribution is -2.00. The third-order valence-electron chi connectivity index (χ3n) is 4.15. The second-order valence-corrected chi connectivity index (χ2v) is 8.47. The molecule has 0 saturated carbocycles. The Bertz CT molecular complexity index is 1120. The molecule has 32 heavy (non-hydrogen) atoms. The third-order valence-corrected chi connectivity index (χ3v) is 4.15. The zero-order valence-corrected chi connectivity index (χ0v) is 19.4. The largest absolute Gasteiger partial charge is 0.497 e. The molecule has 0 radical (unpaired) electrons. The first-order valence-electron chi connectivity index (χ1n) is 9.42. The molecule has 0 aliphatic rings. The summed E-state index contributed by atoms with van der Waals surface area (Å²) >= 11 is 0. The molecule has 10 heteroatoms. The van der Waals surface area contributed by atoms with Crippen molar-refractivity contribution >= 4 is 11.0 Å². The zero-order valence-electron chi connectivity index (χ0n) is 18.7. The highest BCUT2D eigenvalue weighted by molar-refractivity contribution is 5.79. The lowest BCUT2D eigenvalue weighted by Crippen LogP contribution is -2.87. The van der Waals surface area contributed by atoms with Gasteiger partial charge in [-0.15, -0.1) is 10.2 Å². The Morgan fingerprint density at radius 1 is 0.812 bits per heavy atom. The van der Waals surface area contributed by atoms with Gasteiger partial charge in [0.1, 0.15) is 17.1 Å². The van der Waals surface area contributed by atoms with Gasteiger partial charge < -0.3 is 18.6 Å². The van der Waals surface area contributed by atoms with E-state index in [1.807, 2.05) is 42.5 Å². The molecule has 0 amide bonds. The van der Waals surface area contributed by atoms with Crippen LogP contribution in [-0.2, 0) is 0 Å². The van der Waals surface area contributed by atoms with Gasteiger partial charge in [-0.05, 0) is 57.2 Å². The predicted molar refractivity (Wildman–Crippen MR) is 105 cm³/mol. The molecule has 0 spiro atoms. The van der Waals surface area contributed by atoms with Gasteiger partial charge in [0.25, 0.3) is 0 Å². The maximum absolute atomic E-state index is 8.49. The number of hydrogen-bond donors (Lipinski definition) is 1. The van der Waals surface area contributed by atoms with Crippen LogP contribution >= 0.6 is 0 Å². The number of benzene rings is 2. The van der Waals surface area contributed by atoms with Gasteiger partial charge in [0, 0.05) is 5.56 Å². The molecule has 1 heterocycles. The second kappa shape index (κ2) is 10.2. The monoisotopic (exact) mass is 467 g/mol. The molecular formula is C22H26ClNO8. The fourth-order valence-corrected chi connectivity index (χ4v) is 2.93. The van der Waals surface area contributed by atoms with Crippen LogP contribution < -0.4 is 43.2 Å². The highest BCUT2D eigenvalue weighted by Crippen LogP contribution is 2.33. The van der Waals surface area contributed by atoms with Gasteiger partial charge in [0.05, 0.1) is 32.8 Å². The van der Waals surface area contributed by atoms with Crippen molar-refractivity contribution in [3.63, 3.8) is 0 Å². The summed E-state index contributed by atoms with van der Waals surface area (Å²) in [5.41, 5.74) is 1.57. The Kier molecular flexibility index (Phi) is 8.11. The van der Waals surface area contributed by atoms with Gasteiger partial charge >= 0.3 is 0 Å². The Morgan fingerprint density at radius 2 is 1.44 bits per heavy atom. The van der Waals surface area contributed by atoms with Crippen LogP contribution in [0, 0.1) is 10.2 Å². The van der Waals surface area contributed by atoms with Crippen molar-refractivity contribution < 1.29 is 52.5 Å². The summed E-state index contributed by atoms with van der Waals surface area (Å²) in [6.07, 6.45) is 0. The van der Waals surface area contributed by atoms with E-state index in [1.165, 1.54) is 0 Å². The predicted octanol–water partition coefficient (Wildman–Crippen LogP) is -1.85. The Labute approximate surface area is 187 Å². The van der Waals surface area contributed by atoms with Gasteiger partial charge in [0.2, 0.25) is 5.36 Å². The molecule has 1 N–H and O–H groups in total.